The maximum absolute atomic E-state index is 16.9. The number of amides is 2. The lowest BCUT2D eigenvalue weighted by atomic mass is 9.79. The molecule has 4 heterocycles. The molecule has 4 aromatic rings. The number of ether oxygens (including phenoxy) is 4. The van der Waals surface area contributed by atoms with Gasteiger partial charge in [0.15, 0.2) is 22.9 Å². The van der Waals surface area contributed by atoms with Crippen LogP contribution in [-0.2, 0) is 23.8 Å². The molecule has 2 amide bonds. The molecule has 0 radical (unpaired) electrons. The summed E-state index contributed by atoms with van der Waals surface area (Å²) in [6.45, 7) is 5.70. The molecule has 0 unspecified atom stereocenters. The number of aryl methyl sites for hydroxylation is 1. The van der Waals surface area contributed by atoms with E-state index in [0.717, 1.165) is 16.8 Å². The standard InChI is InChI=1S/C35H31ClF2N4O7/c1-34(2,3)49-33(45)42-12-8-11-24(42)35(17-9-6-5-7-10-17)15-19-21(48-35)14-20(37)27(36)25(19)26-18(31(39)43)13-22-29(28(26)38)47-30-23(46-22)16-40-41(4)32(30)44/h5-7,9-10,13-14,16,24H,8,11-12,15H2,1-4H3,(H2,39,43)/t24-,35-/m0/s1. The second-order valence-electron chi connectivity index (χ2n) is 13.2. The monoisotopic (exact) mass is 692 g/mol. The van der Waals surface area contributed by atoms with Crippen LogP contribution in [0.2, 0.25) is 5.02 Å². The van der Waals surface area contributed by atoms with E-state index < -0.39 is 62.8 Å². The Bertz CT molecular complexity index is 2120. The van der Waals surface area contributed by atoms with Crippen molar-refractivity contribution in [2.24, 2.45) is 12.8 Å². The lowest BCUT2D eigenvalue weighted by Crippen LogP contribution is -2.53. The minimum absolute atomic E-state index is 0.00717. The minimum atomic E-state index is -1.29. The molecule has 0 aliphatic carbocycles. The van der Waals surface area contributed by atoms with E-state index in [0.29, 0.717) is 24.9 Å². The highest BCUT2D eigenvalue weighted by Gasteiger charge is 2.54. The van der Waals surface area contributed by atoms with Crippen molar-refractivity contribution in [3.05, 3.63) is 92.4 Å². The number of hydrogen-bond donors (Lipinski definition) is 1. The topological polar surface area (TPSA) is 135 Å². The van der Waals surface area contributed by atoms with E-state index in [1.807, 2.05) is 30.3 Å². The summed E-state index contributed by atoms with van der Waals surface area (Å²) >= 11 is 6.65. The number of primary amides is 1. The highest BCUT2D eigenvalue weighted by molar-refractivity contribution is 6.34. The van der Waals surface area contributed by atoms with Crippen molar-refractivity contribution in [3.63, 3.8) is 0 Å². The smallest absolute Gasteiger partial charge is 0.410 e. The summed E-state index contributed by atoms with van der Waals surface area (Å²) < 4.78 is 57.6. The van der Waals surface area contributed by atoms with Crippen LogP contribution in [0.3, 0.4) is 0 Å². The summed E-state index contributed by atoms with van der Waals surface area (Å²) in [6.07, 6.45) is 1.81. The van der Waals surface area contributed by atoms with Crippen LogP contribution in [-0.4, -0.2) is 44.9 Å². The molecule has 2 N–H and O–H groups in total. The number of likely N-dealkylation sites (tertiary alicyclic amines) is 1. The van der Waals surface area contributed by atoms with E-state index in [9.17, 15) is 14.4 Å². The third kappa shape index (κ3) is 5.23. The van der Waals surface area contributed by atoms with E-state index in [-0.39, 0.29) is 46.1 Å². The molecule has 1 fully saturated rings. The van der Waals surface area contributed by atoms with Gasteiger partial charge < -0.3 is 29.6 Å². The van der Waals surface area contributed by atoms with Crippen molar-refractivity contribution in [2.45, 2.75) is 57.3 Å². The maximum Gasteiger partial charge on any atom is 0.410 e. The van der Waals surface area contributed by atoms with Gasteiger partial charge in [0.2, 0.25) is 17.4 Å². The fraction of sp³-hybridized carbons (Fsp3) is 0.314. The van der Waals surface area contributed by atoms with Crippen LogP contribution in [0.25, 0.3) is 11.1 Å². The number of rotatable bonds is 4. The number of aromatic nitrogens is 2. The molecule has 14 heteroatoms. The first-order chi connectivity index (χ1) is 23.2. The number of fused-ring (bicyclic) bond motifs is 3. The molecule has 49 heavy (non-hydrogen) atoms. The molecule has 0 bridgehead atoms. The largest absolute Gasteiger partial charge is 0.480 e. The summed E-state index contributed by atoms with van der Waals surface area (Å²) in [5.74, 6) is -4.39. The van der Waals surface area contributed by atoms with Gasteiger partial charge in [-0.25, -0.2) is 18.3 Å². The molecule has 254 valence electrons. The normalized spacial score (nSPS) is 19.2. The van der Waals surface area contributed by atoms with Crippen LogP contribution in [0, 0.1) is 11.6 Å². The second-order valence-corrected chi connectivity index (χ2v) is 13.5. The number of carbonyl (C=O) groups excluding carboxylic acids is 2. The molecule has 0 spiro atoms. The Morgan fingerprint density at radius 1 is 1.06 bits per heavy atom. The van der Waals surface area contributed by atoms with Gasteiger partial charge in [-0.3, -0.25) is 9.59 Å². The molecule has 3 aromatic carbocycles. The second kappa shape index (κ2) is 11.5. The Hall–Kier alpha value is -5.17. The third-order valence-electron chi connectivity index (χ3n) is 8.89. The zero-order chi connectivity index (χ0) is 35.0. The van der Waals surface area contributed by atoms with Gasteiger partial charge >= 0.3 is 11.7 Å². The quantitative estimate of drug-likeness (QED) is 0.223. The average molecular weight is 693 g/mol. The summed E-state index contributed by atoms with van der Waals surface area (Å²) in [6, 6.07) is 10.8. The van der Waals surface area contributed by atoms with Gasteiger partial charge in [0, 0.05) is 42.8 Å². The van der Waals surface area contributed by atoms with Gasteiger partial charge in [0.05, 0.1) is 22.8 Å². The molecule has 1 saturated heterocycles. The number of halogens is 3. The predicted octanol–water partition coefficient (Wildman–Crippen LogP) is 6.61. The SMILES string of the molecule is Cn1ncc2c(c1=O)Oc1c(cc(C(N)=O)c(-c3c(Cl)c(F)cc4c3C[C@](c3ccccc3)([C@@H]3CCCN3C(=O)OC(C)(C)C)O4)c1F)O2. The number of benzene rings is 3. The Morgan fingerprint density at radius 3 is 2.49 bits per heavy atom. The van der Waals surface area contributed by atoms with E-state index in [4.69, 9.17) is 36.3 Å². The van der Waals surface area contributed by atoms with Crippen LogP contribution in [0.15, 0.2) is 53.5 Å². The number of carbonyl (C=O) groups is 2. The van der Waals surface area contributed by atoms with E-state index in [1.54, 1.807) is 25.7 Å². The van der Waals surface area contributed by atoms with Gasteiger partial charge in [-0.15, -0.1) is 0 Å². The maximum atomic E-state index is 16.9. The molecule has 3 aliphatic heterocycles. The molecule has 3 aliphatic rings. The van der Waals surface area contributed by atoms with Gasteiger partial charge in [-0.1, -0.05) is 41.9 Å². The van der Waals surface area contributed by atoms with Gasteiger partial charge in [-0.05, 0) is 45.2 Å². The lowest BCUT2D eigenvalue weighted by molar-refractivity contribution is -0.0216. The number of nitrogens with zero attached hydrogens (tertiary/aromatic N) is 3. The Kier molecular flexibility index (Phi) is 7.58. The lowest BCUT2D eigenvalue weighted by Gasteiger charge is -2.40. The molecule has 11 nitrogen and oxygen atoms in total. The zero-order valence-corrected chi connectivity index (χ0v) is 27.7. The summed E-state index contributed by atoms with van der Waals surface area (Å²) in [5, 5.41) is 3.38. The third-order valence-corrected chi connectivity index (χ3v) is 9.26. The first-order valence-electron chi connectivity index (χ1n) is 15.5. The van der Waals surface area contributed by atoms with Crippen LogP contribution in [0.5, 0.6) is 28.7 Å². The van der Waals surface area contributed by atoms with Crippen molar-refractivity contribution in [1.82, 2.24) is 14.7 Å². The minimum Gasteiger partial charge on any atom is -0.480 e. The number of hydrogen-bond acceptors (Lipinski definition) is 8. The van der Waals surface area contributed by atoms with Crippen molar-refractivity contribution >= 4 is 23.6 Å². The Balaban J connectivity index is 1.42. The molecular formula is C35H31ClF2N4O7. The molecule has 7 rings (SSSR count). The average Bonchev–Trinajstić information content (AvgIpc) is 3.70. The van der Waals surface area contributed by atoms with E-state index in [1.165, 1.54) is 13.2 Å². The Morgan fingerprint density at radius 2 is 1.80 bits per heavy atom. The van der Waals surface area contributed by atoms with Crippen molar-refractivity contribution in [2.75, 3.05) is 6.54 Å². The van der Waals surface area contributed by atoms with Crippen molar-refractivity contribution < 1.29 is 37.3 Å². The highest BCUT2D eigenvalue weighted by Crippen LogP contribution is 2.55. The fourth-order valence-corrected chi connectivity index (χ4v) is 7.08. The molecule has 1 aromatic heterocycles. The zero-order valence-electron chi connectivity index (χ0n) is 26.9. The van der Waals surface area contributed by atoms with Gasteiger partial charge in [0.1, 0.15) is 17.2 Å². The van der Waals surface area contributed by atoms with Gasteiger partial charge in [-0.2, -0.15) is 5.10 Å². The van der Waals surface area contributed by atoms with Crippen molar-refractivity contribution in [1.29, 1.82) is 0 Å². The Labute approximate surface area is 284 Å². The molecule has 2 atom stereocenters. The summed E-state index contributed by atoms with van der Waals surface area (Å²) in [4.78, 5) is 40.8. The van der Waals surface area contributed by atoms with Crippen molar-refractivity contribution in [3.8, 4) is 39.9 Å². The van der Waals surface area contributed by atoms with Gasteiger partial charge in [0.25, 0.3) is 0 Å². The van der Waals surface area contributed by atoms with Crippen LogP contribution >= 0.6 is 11.6 Å². The van der Waals surface area contributed by atoms with Crippen LogP contribution in [0.1, 0.15) is 55.1 Å². The van der Waals surface area contributed by atoms with E-state index in [2.05, 4.69) is 5.10 Å². The molecule has 0 saturated carbocycles. The highest BCUT2D eigenvalue weighted by atomic mass is 35.5. The summed E-state index contributed by atoms with van der Waals surface area (Å²) in [5.41, 5.74) is 2.91. The number of nitrogens with two attached hydrogens (primary N) is 1. The van der Waals surface area contributed by atoms with Crippen LogP contribution in [0.4, 0.5) is 13.6 Å². The van der Waals surface area contributed by atoms with E-state index >= 15 is 8.78 Å². The molecular weight excluding hydrogens is 662 g/mol. The first-order valence-corrected chi connectivity index (χ1v) is 15.9. The predicted molar refractivity (Wildman–Crippen MR) is 173 cm³/mol. The fourth-order valence-electron chi connectivity index (χ4n) is 6.82. The van der Waals surface area contributed by atoms with Crippen LogP contribution < -0.4 is 25.5 Å². The summed E-state index contributed by atoms with van der Waals surface area (Å²) in [7, 11) is 1.38. The first kappa shape index (κ1) is 32.4.